The molecule has 21 heavy (non-hydrogen) atoms. The highest BCUT2D eigenvalue weighted by Crippen LogP contribution is 2.26. The van der Waals surface area contributed by atoms with Gasteiger partial charge in [0.25, 0.3) is 5.69 Å². The standard InChI is InChI=1S/C14H20N4O2S/c1-9-4-2-3-5-12(9)17-14(21)16-10-6-7-11(15)13(8-10)18(19)20/h6-9,12H,2-5,15H2,1H3,(H2,16,17,21). The average Bonchev–Trinajstić information content (AvgIpc) is 2.43. The Morgan fingerprint density at radius 1 is 1.43 bits per heavy atom. The van der Waals surface area contributed by atoms with Crippen LogP contribution in [-0.2, 0) is 0 Å². The van der Waals surface area contributed by atoms with Gasteiger partial charge in [0.15, 0.2) is 5.11 Å². The second-order valence-electron chi connectivity index (χ2n) is 5.50. The summed E-state index contributed by atoms with van der Waals surface area (Å²) < 4.78 is 0. The van der Waals surface area contributed by atoms with Crippen LogP contribution in [0.3, 0.4) is 0 Å². The molecule has 1 fully saturated rings. The van der Waals surface area contributed by atoms with Crippen LogP contribution in [0.5, 0.6) is 0 Å². The number of nitrogens with two attached hydrogens (primary N) is 1. The minimum absolute atomic E-state index is 0.117. The van der Waals surface area contributed by atoms with Gasteiger partial charge in [-0.1, -0.05) is 19.8 Å². The van der Waals surface area contributed by atoms with Gasteiger partial charge in [0.1, 0.15) is 5.69 Å². The van der Waals surface area contributed by atoms with E-state index < -0.39 is 4.92 Å². The number of hydrogen-bond acceptors (Lipinski definition) is 4. The van der Waals surface area contributed by atoms with Gasteiger partial charge in [-0.15, -0.1) is 0 Å². The summed E-state index contributed by atoms with van der Waals surface area (Å²) in [5.41, 5.74) is 6.16. The monoisotopic (exact) mass is 308 g/mol. The van der Waals surface area contributed by atoms with E-state index in [1.54, 1.807) is 6.07 Å². The number of thiocarbonyl (C=S) groups is 1. The van der Waals surface area contributed by atoms with Gasteiger partial charge >= 0.3 is 0 Å². The third-order valence-electron chi connectivity index (χ3n) is 3.91. The smallest absolute Gasteiger partial charge is 0.294 e. The molecule has 0 bridgehead atoms. The van der Waals surface area contributed by atoms with Crippen LogP contribution in [0.25, 0.3) is 0 Å². The molecule has 0 aromatic heterocycles. The van der Waals surface area contributed by atoms with Crippen molar-refractivity contribution in [1.29, 1.82) is 0 Å². The predicted octanol–water partition coefficient (Wildman–Crippen LogP) is 3.04. The number of nitro groups is 1. The maximum Gasteiger partial charge on any atom is 0.294 e. The van der Waals surface area contributed by atoms with Gasteiger partial charge in [-0.2, -0.15) is 0 Å². The Balaban J connectivity index is 1.99. The molecule has 0 aliphatic heterocycles. The normalized spacial score (nSPS) is 21.6. The van der Waals surface area contributed by atoms with Crippen LogP contribution < -0.4 is 16.4 Å². The van der Waals surface area contributed by atoms with Crippen LogP contribution in [0.1, 0.15) is 32.6 Å². The van der Waals surface area contributed by atoms with E-state index in [2.05, 4.69) is 17.6 Å². The Morgan fingerprint density at radius 3 is 2.81 bits per heavy atom. The molecule has 1 aromatic rings. The number of hydrogen-bond donors (Lipinski definition) is 3. The number of anilines is 2. The molecule has 1 saturated carbocycles. The zero-order chi connectivity index (χ0) is 15.4. The van der Waals surface area contributed by atoms with E-state index in [0.29, 0.717) is 22.8 Å². The van der Waals surface area contributed by atoms with Crippen LogP contribution in [0.2, 0.25) is 0 Å². The molecule has 0 radical (unpaired) electrons. The Kier molecular flexibility index (Phi) is 4.95. The van der Waals surface area contributed by atoms with Crippen LogP contribution in [0.4, 0.5) is 17.1 Å². The number of rotatable bonds is 3. The first-order chi connectivity index (χ1) is 9.97. The van der Waals surface area contributed by atoms with Crippen molar-refractivity contribution in [2.24, 2.45) is 5.92 Å². The molecule has 0 saturated heterocycles. The molecule has 4 N–H and O–H groups in total. The Labute approximate surface area is 129 Å². The third-order valence-corrected chi connectivity index (χ3v) is 4.13. The predicted molar refractivity (Wildman–Crippen MR) is 88.3 cm³/mol. The van der Waals surface area contributed by atoms with E-state index >= 15 is 0 Å². The molecular weight excluding hydrogens is 288 g/mol. The van der Waals surface area contributed by atoms with Crippen molar-refractivity contribution in [2.75, 3.05) is 11.1 Å². The summed E-state index contributed by atoms with van der Waals surface area (Å²) in [6, 6.07) is 4.95. The van der Waals surface area contributed by atoms with Crippen molar-refractivity contribution in [3.05, 3.63) is 28.3 Å². The van der Waals surface area contributed by atoms with Crippen molar-refractivity contribution < 1.29 is 4.92 Å². The quantitative estimate of drug-likeness (QED) is 0.344. The molecule has 0 amide bonds. The van der Waals surface area contributed by atoms with Crippen LogP contribution in [0.15, 0.2) is 18.2 Å². The zero-order valence-corrected chi connectivity index (χ0v) is 12.8. The Morgan fingerprint density at radius 2 is 2.14 bits per heavy atom. The van der Waals surface area contributed by atoms with Crippen molar-refractivity contribution in [3.63, 3.8) is 0 Å². The lowest BCUT2D eigenvalue weighted by molar-refractivity contribution is -0.383. The van der Waals surface area contributed by atoms with Crippen molar-refractivity contribution in [3.8, 4) is 0 Å². The van der Waals surface area contributed by atoms with Gasteiger partial charge in [-0.25, -0.2) is 0 Å². The summed E-state index contributed by atoms with van der Waals surface area (Å²) in [4.78, 5) is 10.4. The first-order valence-corrected chi connectivity index (χ1v) is 7.49. The fraction of sp³-hybridized carbons (Fsp3) is 0.500. The highest BCUT2D eigenvalue weighted by Gasteiger charge is 2.21. The lowest BCUT2D eigenvalue weighted by Crippen LogP contribution is -2.43. The molecule has 2 unspecified atom stereocenters. The minimum atomic E-state index is -0.500. The summed E-state index contributed by atoms with van der Waals surface area (Å²) in [6.45, 7) is 2.22. The fourth-order valence-electron chi connectivity index (χ4n) is 2.65. The van der Waals surface area contributed by atoms with Crippen LogP contribution in [-0.4, -0.2) is 16.1 Å². The van der Waals surface area contributed by atoms with Gasteiger partial charge in [0.2, 0.25) is 0 Å². The highest BCUT2D eigenvalue weighted by atomic mass is 32.1. The molecule has 2 rings (SSSR count). The first kappa shape index (κ1) is 15.5. The van der Waals surface area contributed by atoms with Gasteiger partial charge in [-0.05, 0) is 43.1 Å². The minimum Gasteiger partial charge on any atom is -0.393 e. The van der Waals surface area contributed by atoms with E-state index in [4.69, 9.17) is 18.0 Å². The van der Waals surface area contributed by atoms with E-state index in [-0.39, 0.29) is 11.4 Å². The number of nitrogens with one attached hydrogen (secondary N) is 2. The Bertz CT molecular complexity index is 550. The molecule has 114 valence electrons. The number of benzene rings is 1. The summed E-state index contributed by atoms with van der Waals surface area (Å²) in [6.07, 6.45) is 4.78. The molecule has 7 heteroatoms. The van der Waals surface area contributed by atoms with E-state index in [1.807, 2.05) is 0 Å². The Hall–Kier alpha value is -1.89. The SMILES string of the molecule is CC1CCCCC1NC(=S)Nc1ccc(N)c([N+](=O)[O-])c1. The largest absolute Gasteiger partial charge is 0.393 e. The lowest BCUT2D eigenvalue weighted by Gasteiger charge is -2.30. The second kappa shape index (κ2) is 6.71. The fourth-order valence-corrected chi connectivity index (χ4v) is 2.92. The summed E-state index contributed by atoms with van der Waals surface area (Å²) in [5.74, 6) is 0.583. The number of nitrogen functional groups attached to an aromatic ring is 1. The highest BCUT2D eigenvalue weighted by molar-refractivity contribution is 7.80. The number of nitro benzene ring substituents is 1. The molecule has 1 aromatic carbocycles. The van der Waals surface area contributed by atoms with Gasteiger partial charge in [0, 0.05) is 17.8 Å². The lowest BCUT2D eigenvalue weighted by atomic mass is 9.86. The van der Waals surface area contributed by atoms with Gasteiger partial charge in [0.05, 0.1) is 4.92 Å². The van der Waals surface area contributed by atoms with Crippen molar-refractivity contribution >= 4 is 34.4 Å². The summed E-state index contributed by atoms with van der Waals surface area (Å²) in [5, 5.41) is 17.7. The molecule has 2 atom stereocenters. The first-order valence-electron chi connectivity index (χ1n) is 7.09. The summed E-state index contributed by atoms with van der Waals surface area (Å²) >= 11 is 5.29. The topological polar surface area (TPSA) is 93.2 Å². The van der Waals surface area contributed by atoms with E-state index in [9.17, 15) is 10.1 Å². The average molecular weight is 308 g/mol. The second-order valence-corrected chi connectivity index (χ2v) is 5.91. The zero-order valence-electron chi connectivity index (χ0n) is 12.0. The van der Waals surface area contributed by atoms with E-state index in [0.717, 1.165) is 6.42 Å². The van der Waals surface area contributed by atoms with E-state index in [1.165, 1.54) is 31.4 Å². The maximum atomic E-state index is 10.9. The number of nitrogens with zero attached hydrogens (tertiary/aromatic N) is 1. The van der Waals surface area contributed by atoms with Gasteiger partial charge in [-0.3, -0.25) is 10.1 Å². The van der Waals surface area contributed by atoms with Crippen molar-refractivity contribution in [2.45, 2.75) is 38.6 Å². The molecular formula is C14H20N4O2S. The van der Waals surface area contributed by atoms with Crippen LogP contribution in [0, 0.1) is 16.0 Å². The third kappa shape index (κ3) is 4.04. The molecule has 6 nitrogen and oxygen atoms in total. The maximum absolute atomic E-state index is 10.9. The molecule has 0 spiro atoms. The molecule has 1 aliphatic rings. The molecule has 1 aliphatic carbocycles. The molecule has 0 heterocycles. The van der Waals surface area contributed by atoms with Crippen LogP contribution >= 0.6 is 12.2 Å². The van der Waals surface area contributed by atoms with Gasteiger partial charge < -0.3 is 16.4 Å². The summed E-state index contributed by atoms with van der Waals surface area (Å²) in [7, 11) is 0. The van der Waals surface area contributed by atoms with Crippen molar-refractivity contribution in [1.82, 2.24) is 5.32 Å².